The second-order valence-electron chi connectivity index (χ2n) is 5.63. The van der Waals surface area contributed by atoms with E-state index in [4.69, 9.17) is 0 Å². The van der Waals surface area contributed by atoms with E-state index in [-0.39, 0.29) is 11.6 Å². The molecule has 0 aliphatic heterocycles. The van der Waals surface area contributed by atoms with Gasteiger partial charge in [0, 0.05) is 6.04 Å². The fourth-order valence-electron chi connectivity index (χ4n) is 2.13. The van der Waals surface area contributed by atoms with Crippen molar-refractivity contribution in [1.29, 1.82) is 0 Å². The van der Waals surface area contributed by atoms with Gasteiger partial charge in [0.15, 0.2) is 0 Å². The maximum atomic E-state index is 13.6. The van der Waals surface area contributed by atoms with Crippen LogP contribution in [0.4, 0.5) is 8.78 Å². The van der Waals surface area contributed by atoms with E-state index in [0.29, 0.717) is 29.9 Å². The van der Waals surface area contributed by atoms with Crippen LogP contribution in [-0.2, 0) is 6.42 Å². The smallest absolute Gasteiger partial charge is 0.126 e. The third-order valence-corrected chi connectivity index (χ3v) is 3.68. The summed E-state index contributed by atoms with van der Waals surface area (Å²) in [5, 5.41) is 3.48. The lowest BCUT2D eigenvalue weighted by atomic mass is 9.89. The molecule has 1 atom stereocenters. The van der Waals surface area contributed by atoms with Crippen molar-refractivity contribution in [3.05, 3.63) is 35.4 Å². The van der Waals surface area contributed by atoms with Crippen LogP contribution in [0.5, 0.6) is 0 Å². The van der Waals surface area contributed by atoms with Crippen LogP contribution in [0.3, 0.4) is 0 Å². The summed E-state index contributed by atoms with van der Waals surface area (Å²) in [6.07, 6.45) is 3.10. The first kappa shape index (κ1) is 13.5. The van der Waals surface area contributed by atoms with Crippen LogP contribution in [0.2, 0.25) is 0 Å². The molecule has 1 N–H and O–H groups in total. The second kappa shape index (κ2) is 5.79. The number of benzene rings is 1. The minimum absolute atomic E-state index is 0.298. The Hall–Kier alpha value is -0.960. The maximum absolute atomic E-state index is 13.6. The molecule has 100 valence electrons. The fraction of sp³-hybridized carbons (Fsp3) is 0.600. The van der Waals surface area contributed by atoms with E-state index >= 15 is 0 Å². The molecule has 1 aromatic carbocycles. The van der Waals surface area contributed by atoms with Gasteiger partial charge in [-0.2, -0.15) is 0 Å². The zero-order valence-corrected chi connectivity index (χ0v) is 11.0. The van der Waals surface area contributed by atoms with Gasteiger partial charge in [0.2, 0.25) is 0 Å². The molecule has 1 nitrogen and oxygen atoms in total. The van der Waals surface area contributed by atoms with Crippen LogP contribution in [0.1, 0.15) is 32.3 Å². The Morgan fingerprint density at radius 2 is 2.00 bits per heavy atom. The predicted octanol–water partition coefficient (Wildman–Crippen LogP) is 3.53. The van der Waals surface area contributed by atoms with Gasteiger partial charge in [-0.15, -0.1) is 0 Å². The normalized spacial score (nSPS) is 17.2. The molecule has 1 aromatic rings. The third-order valence-electron chi connectivity index (χ3n) is 3.68. The molecule has 0 heterocycles. The number of hydrogen-bond acceptors (Lipinski definition) is 1. The summed E-state index contributed by atoms with van der Waals surface area (Å²) in [4.78, 5) is 0. The van der Waals surface area contributed by atoms with E-state index < -0.39 is 0 Å². The zero-order chi connectivity index (χ0) is 13.1. The van der Waals surface area contributed by atoms with E-state index in [1.807, 2.05) is 0 Å². The molecule has 0 bridgehead atoms. The van der Waals surface area contributed by atoms with E-state index in [9.17, 15) is 8.78 Å². The molecule has 1 aliphatic carbocycles. The van der Waals surface area contributed by atoms with E-state index in [1.165, 1.54) is 31.0 Å². The summed E-state index contributed by atoms with van der Waals surface area (Å²) < 4.78 is 26.8. The summed E-state index contributed by atoms with van der Waals surface area (Å²) in [5.74, 6) is 0.151. The average molecular weight is 253 g/mol. The molecule has 1 saturated carbocycles. The minimum Gasteiger partial charge on any atom is -0.314 e. The zero-order valence-electron chi connectivity index (χ0n) is 11.0. The van der Waals surface area contributed by atoms with Crippen LogP contribution < -0.4 is 5.32 Å². The van der Waals surface area contributed by atoms with Crippen molar-refractivity contribution in [1.82, 2.24) is 5.32 Å². The molecular formula is C15H21F2N. The quantitative estimate of drug-likeness (QED) is 0.817. The second-order valence-corrected chi connectivity index (χ2v) is 5.63. The number of halogens is 2. The Balaban J connectivity index is 1.99. The van der Waals surface area contributed by atoms with Crippen molar-refractivity contribution in [2.75, 3.05) is 6.54 Å². The molecule has 3 heteroatoms. The van der Waals surface area contributed by atoms with Crippen molar-refractivity contribution in [3.8, 4) is 0 Å². The first-order chi connectivity index (χ1) is 8.56. The molecular weight excluding hydrogens is 232 g/mol. The topological polar surface area (TPSA) is 12.0 Å². The Morgan fingerprint density at radius 1 is 1.28 bits per heavy atom. The highest BCUT2D eigenvalue weighted by molar-refractivity contribution is 5.19. The molecule has 1 aliphatic rings. The molecule has 0 spiro atoms. The maximum Gasteiger partial charge on any atom is 0.126 e. The number of hydrogen-bond donors (Lipinski definition) is 1. The van der Waals surface area contributed by atoms with Gasteiger partial charge in [-0.1, -0.05) is 13.8 Å². The summed E-state index contributed by atoms with van der Waals surface area (Å²) in [7, 11) is 0. The van der Waals surface area contributed by atoms with Gasteiger partial charge in [-0.05, 0) is 61.4 Å². The Morgan fingerprint density at radius 3 is 2.61 bits per heavy atom. The molecule has 18 heavy (non-hydrogen) atoms. The Labute approximate surface area is 108 Å². The van der Waals surface area contributed by atoms with Crippen molar-refractivity contribution < 1.29 is 8.78 Å². The van der Waals surface area contributed by atoms with Gasteiger partial charge >= 0.3 is 0 Å². The monoisotopic (exact) mass is 253 g/mol. The van der Waals surface area contributed by atoms with Gasteiger partial charge in [-0.3, -0.25) is 0 Å². The lowest BCUT2D eigenvalue weighted by Gasteiger charge is -2.21. The molecule has 0 radical (unpaired) electrons. The highest BCUT2D eigenvalue weighted by Gasteiger charge is 2.23. The van der Waals surface area contributed by atoms with E-state index in [1.54, 1.807) is 0 Å². The molecule has 1 fully saturated rings. The first-order valence-corrected chi connectivity index (χ1v) is 6.73. The summed E-state index contributed by atoms with van der Waals surface area (Å²) in [6.45, 7) is 5.16. The number of nitrogens with one attached hydrogen (secondary N) is 1. The first-order valence-electron chi connectivity index (χ1n) is 6.73. The van der Waals surface area contributed by atoms with Gasteiger partial charge in [0.05, 0.1) is 0 Å². The van der Waals surface area contributed by atoms with Crippen LogP contribution in [0.25, 0.3) is 0 Å². The third kappa shape index (κ3) is 3.77. The van der Waals surface area contributed by atoms with E-state index in [0.717, 1.165) is 6.54 Å². The van der Waals surface area contributed by atoms with Crippen molar-refractivity contribution >= 4 is 0 Å². The summed E-state index contributed by atoms with van der Waals surface area (Å²) >= 11 is 0. The van der Waals surface area contributed by atoms with Crippen LogP contribution >= 0.6 is 0 Å². The average Bonchev–Trinajstić information content (AvgIpc) is 3.12. The van der Waals surface area contributed by atoms with Crippen LogP contribution in [0, 0.1) is 23.5 Å². The lowest BCUT2D eigenvalue weighted by Crippen LogP contribution is -2.29. The van der Waals surface area contributed by atoms with Gasteiger partial charge < -0.3 is 5.32 Å². The van der Waals surface area contributed by atoms with Gasteiger partial charge in [0.1, 0.15) is 11.6 Å². The lowest BCUT2D eigenvalue weighted by molar-refractivity contribution is 0.354. The molecule has 0 saturated heterocycles. The fourth-order valence-corrected chi connectivity index (χ4v) is 2.13. The summed E-state index contributed by atoms with van der Waals surface area (Å²) in [6, 6.07) is 4.37. The summed E-state index contributed by atoms with van der Waals surface area (Å²) in [5.41, 5.74) is 0.492. The SMILES string of the molecule is CC(C)C(CNC1CC1)Cc1cc(F)ccc1F. The molecule has 0 amide bonds. The van der Waals surface area contributed by atoms with Crippen molar-refractivity contribution in [2.24, 2.45) is 11.8 Å². The van der Waals surface area contributed by atoms with E-state index in [2.05, 4.69) is 19.2 Å². The van der Waals surface area contributed by atoms with Crippen LogP contribution in [-0.4, -0.2) is 12.6 Å². The van der Waals surface area contributed by atoms with Crippen molar-refractivity contribution in [2.45, 2.75) is 39.2 Å². The minimum atomic E-state index is -0.357. The highest BCUT2D eigenvalue weighted by Crippen LogP contribution is 2.23. The van der Waals surface area contributed by atoms with Gasteiger partial charge in [-0.25, -0.2) is 8.78 Å². The standard InChI is InChI=1S/C15H21F2N/c1-10(2)12(9-18-14-4-5-14)7-11-8-13(16)3-6-15(11)17/h3,6,8,10,12,14,18H,4-5,7,9H2,1-2H3. The number of rotatable bonds is 6. The molecule has 0 aromatic heterocycles. The van der Waals surface area contributed by atoms with Crippen LogP contribution in [0.15, 0.2) is 18.2 Å². The Bertz CT molecular complexity index is 399. The molecule has 1 unspecified atom stereocenters. The largest absolute Gasteiger partial charge is 0.314 e. The highest BCUT2D eigenvalue weighted by atomic mass is 19.1. The van der Waals surface area contributed by atoms with Crippen molar-refractivity contribution in [3.63, 3.8) is 0 Å². The molecule has 2 rings (SSSR count). The Kier molecular flexibility index (Phi) is 4.33. The van der Waals surface area contributed by atoms with Gasteiger partial charge in [0.25, 0.3) is 0 Å². The predicted molar refractivity (Wildman–Crippen MR) is 69.4 cm³/mol.